The van der Waals surface area contributed by atoms with Crippen molar-refractivity contribution in [3.8, 4) is 11.5 Å². The molecule has 1 aliphatic carbocycles. The fourth-order valence-corrected chi connectivity index (χ4v) is 2.88. The second-order valence-electron chi connectivity index (χ2n) is 5.10. The third-order valence-electron chi connectivity index (χ3n) is 3.80. The van der Waals surface area contributed by atoms with Crippen molar-refractivity contribution in [1.29, 1.82) is 0 Å². The topological polar surface area (TPSA) is 35.5 Å². The van der Waals surface area contributed by atoms with Crippen molar-refractivity contribution in [2.24, 2.45) is 0 Å². The van der Waals surface area contributed by atoms with E-state index < -0.39 is 5.97 Å². The minimum Gasteiger partial charge on any atom is -0.493 e. The number of carbonyl (C=O) groups excluding carboxylic acids is 1. The van der Waals surface area contributed by atoms with Crippen LogP contribution in [0.15, 0.2) is 49.1 Å². The first-order valence-corrected chi connectivity index (χ1v) is 7.44. The SMILES string of the molecule is C=CC(=O)Oc1c2c(c(OCC)c3ccccc13)CC=CC2. The molecule has 3 heteroatoms. The van der Waals surface area contributed by atoms with Crippen LogP contribution < -0.4 is 9.47 Å². The fourth-order valence-electron chi connectivity index (χ4n) is 2.88. The van der Waals surface area contributed by atoms with Gasteiger partial charge in [0.15, 0.2) is 0 Å². The molecule has 2 aromatic carbocycles. The monoisotopic (exact) mass is 294 g/mol. The first-order chi connectivity index (χ1) is 10.8. The predicted molar refractivity (Wildman–Crippen MR) is 87.5 cm³/mol. The maximum Gasteiger partial charge on any atom is 0.335 e. The lowest BCUT2D eigenvalue weighted by molar-refractivity contribution is -0.128. The van der Waals surface area contributed by atoms with E-state index >= 15 is 0 Å². The van der Waals surface area contributed by atoms with E-state index in [1.165, 1.54) is 6.08 Å². The Labute approximate surface area is 129 Å². The van der Waals surface area contributed by atoms with Gasteiger partial charge in [0, 0.05) is 28.0 Å². The largest absolute Gasteiger partial charge is 0.493 e. The quantitative estimate of drug-likeness (QED) is 0.370. The predicted octanol–water partition coefficient (Wildman–Crippen LogP) is 3.98. The second kappa shape index (κ2) is 6.06. The number of rotatable bonds is 4. The summed E-state index contributed by atoms with van der Waals surface area (Å²) in [6, 6.07) is 7.87. The highest BCUT2D eigenvalue weighted by Crippen LogP contribution is 2.43. The summed E-state index contributed by atoms with van der Waals surface area (Å²) in [5.74, 6) is 1.09. The van der Waals surface area contributed by atoms with Crippen LogP contribution in [0.2, 0.25) is 0 Å². The number of carbonyl (C=O) groups is 1. The van der Waals surface area contributed by atoms with E-state index in [0.717, 1.165) is 40.5 Å². The van der Waals surface area contributed by atoms with Crippen molar-refractivity contribution in [2.45, 2.75) is 19.8 Å². The van der Waals surface area contributed by atoms with Crippen LogP contribution in [0.5, 0.6) is 11.5 Å². The summed E-state index contributed by atoms with van der Waals surface area (Å²) in [6.07, 6.45) is 6.93. The van der Waals surface area contributed by atoms with Crippen LogP contribution in [0, 0.1) is 0 Å². The summed E-state index contributed by atoms with van der Waals surface area (Å²) in [7, 11) is 0. The normalized spacial score (nSPS) is 12.8. The lowest BCUT2D eigenvalue weighted by Crippen LogP contribution is -2.11. The van der Waals surface area contributed by atoms with E-state index in [4.69, 9.17) is 9.47 Å². The third-order valence-corrected chi connectivity index (χ3v) is 3.80. The Hall–Kier alpha value is -2.55. The summed E-state index contributed by atoms with van der Waals surface area (Å²) in [4.78, 5) is 11.7. The number of ether oxygens (including phenoxy) is 2. The number of hydrogen-bond acceptors (Lipinski definition) is 3. The van der Waals surface area contributed by atoms with Gasteiger partial charge in [-0.2, -0.15) is 0 Å². The van der Waals surface area contributed by atoms with Gasteiger partial charge >= 0.3 is 5.97 Å². The van der Waals surface area contributed by atoms with Crippen molar-refractivity contribution in [2.75, 3.05) is 6.61 Å². The standard InChI is InChI=1S/C19H18O3/c1-3-17(20)22-19-15-11-7-5-9-13(15)18(21-4-2)14-10-6-8-12-16(14)19/h3,5-9,11H,1,4,10,12H2,2H3. The molecule has 0 fully saturated rings. The van der Waals surface area contributed by atoms with E-state index in [9.17, 15) is 4.79 Å². The molecular formula is C19H18O3. The van der Waals surface area contributed by atoms with Crippen LogP contribution in [-0.4, -0.2) is 12.6 Å². The van der Waals surface area contributed by atoms with Gasteiger partial charge in [-0.25, -0.2) is 4.79 Å². The summed E-state index contributed by atoms with van der Waals surface area (Å²) in [5, 5.41) is 1.88. The zero-order valence-electron chi connectivity index (χ0n) is 12.6. The molecule has 0 unspecified atom stereocenters. The summed E-state index contributed by atoms with van der Waals surface area (Å²) >= 11 is 0. The summed E-state index contributed by atoms with van der Waals surface area (Å²) in [6.45, 7) is 6.06. The molecule has 0 radical (unpaired) electrons. The lowest BCUT2D eigenvalue weighted by Gasteiger charge is -2.22. The highest BCUT2D eigenvalue weighted by Gasteiger charge is 2.22. The van der Waals surface area contributed by atoms with Gasteiger partial charge in [-0.15, -0.1) is 0 Å². The maximum absolute atomic E-state index is 11.7. The second-order valence-corrected chi connectivity index (χ2v) is 5.10. The molecule has 112 valence electrons. The average molecular weight is 294 g/mol. The van der Waals surface area contributed by atoms with Gasteiger partial charge in [0.1, 0.15) is 11.5 Å². The van der Waals surface area contributed by atoms with E-state index in [1.807, 2.05) is 31.2 Å². The zero-order valence-corrected chi connectivity index (χ0v) is 12.6. The Morgan fingerprint density at radius 3 is 2.32 bits per heavy atom. The molecule has 0 aliphatic heterocycles. The smallest absolute Gasteiger partial charge is 0.335 e. The van der Waals surface area contributed by atoms with Crippen LogP contribution in [0.3, 0.4) is 0 Å². The van der Waals surface area contributed by atoms with Gasteiger partial charge in [0.2, 0.25) is 0 Å². The van der Waals surface area contributed by atoms with Crippen molar-refractivity contribution in [3.63, 3.8) is 0 Å². The Bertz CT molecular complexity index is 772. The van der Waals surface area contributed by atoms with Gasteiger partial charge in [0.05, 0.1) is 6.61 Å². The van der Waals surface area contributed by atoms with E-state index in [0.29, 0.717) is 12.4 Å². The molecule has 3 nitrogen and oxygen atoms in total. The van der Waals surface area contributed by atoms with E-state index in [-0.39, 0.29) is 0 Å². The molecule has 0 N–H and O–H groups in total. The zero-order chi connectivity index (χ0) is 15.5. The average Bonchev–Trinajstić information content (AvgIpc) is 2.57. The van der Waals surface area contributed by atoms with Crippen LogP contribution in [0.4, 0.5) is 0 Å². The van der Waals surface area contributed by atoms with Gasteiger partial charge < -0.3 is 9.47 Å². The molecule has 0 atom stereocenters. The molecule has 0 bridgehead atoms. The molecule has 0 saturated carbocycles. The molecule has 3 rings (SSSR count). The van der Waals surface area contributed by atoms with Crippen molar-refractivity contribution < 1.29 is 14.3 Å². The number of benzene rings is 2. The minimum atomic E-state index is -0.439. The minimum absolute atomic E-state index is 0.439. The summed E-state index contributed by atoms with van der Waals surface area (Å²) < 4.78 is 11.5. The molecule has 0 aromatic heterocycles. The van der Waals surface area contributed by atoms with Crippen molar-refractivity contribution in [1.82, 2.24) is 0 Å². The first kappa shape index (κ1) is 14.4. The third kappa shape index (κ3) is 2.39. The number of esters is 1. The van der Waals surface area contributed by atoms with E-state index in [1.54, 1.807) is 0 Å². The Balaban J connectivity index is 2.32. The number of hydrogen-bond donors (Lipinski definition) is 0. The number of fused-ring (bicyclic) bond motifs is 2. The summed E-state index contributed by atoms with van der Waals surface area (Å²) in [5.41, 5.74) is 2.13. The fraction of sp³-hybridized carbons (Fsp3) is 0.211. The van der Waals surface area contributed by atoms with Gasteiger partial charge in [-0.3, -0.25) is 0 Å². The molecule has 0 heterocycles. The van der Waals surface area contributed by atoms with Gasteiger partial charge in [0.25, 0.3) is 0 Å². The van der Waals surface area contributed by atoms with E-state index in [2.05, 4.69) is 18.7 Å². The Morgan fingerprint density at radius 2 is 1.73 bits per heavy atom. The highest BCUT2D eigenvalue weighted by molar-refractivity contribution is 5.98. The van der Waals surface area contributed by atoms with Crippen molar-refractivity contribution in [3.05, 3.63) is 60.2 Å². The maximum atomic E-state index is 11.7. The molecule has 0 saturated heterocycles. The number of allylic oxidation sites excluding steroid dienone is 2. The molecule has 0 spiro atoms. The molecule has 0 amide bonds. The van der Waals surface area contributed by atoms with Gasteiger partial charge in [-0.05, 0) is 19.8 Å². The molecule has 1 aliphatic rings. The van der Waals surface area contributed by atoms with Crippen molar-refractivity contribution >= 4 is 16.7 Å². The molecule has 2 aromatic rings. The molecule has 22 heavy (non-hydrogen) atoms. The Kier molecular flexibility index (Phi) is 3.96. The van der Waals surface area contributed by atoms with Gasteiger partial charge in [-0.1, -0.05) is 43.0 Å². The molecular weight excluding hydrogens is 276 g/mol. The van der Waals surface area contributed by atoms with Crippen LogP contribution in [0.1, 0.15) is 18.1 Å². The Morgan fingerprint density at radius 1 is 1.14 bits per heavy atom. The van der Waals surface area contributed by atoms with Crippen LogP contribution >= 0.6 is 0 Å². The van der Waals surface area contributed by atoms with Crippen LogP contribution in [-0.2, 0) is 17.6 Å². The first-order valence-electron chi connectivity index (χ1n) is 7.44. The highest BCUT2D eigenvalue weighted by atomic mass is 16.5. The lowest BCUT2D eigenvalue weighted by atomic mass is 9.90. The van der Waals surface area contributed by atoms with Crippen LogP contribution in [0.25, 0.3) is 10.8 Å².